The van der Waals surface area contributed by atoms with Gasteiger partial charge in [-0.2, -0.15) is 0 Å². The van der Waals surface area contributed by atoms with Gasteiger partial charge in [0.15, 0.2) is 9.84 Å². The quantitative estimate of drug-likeness (QED) is 0.681. The molecular formula is C11H22N2O3S. The van der Waals surface area contributed by atoms with E-state index in [1.807, 2.05) is 7.05 Å². The fourth-order valence-electron chi connectivity index (χ4n) is 3.15. The van der Waals surface area contributed by atoms with Gasteiger partial charge in [-0.1, -0.05) is 0 Å². The first kappa shape index (κ1) is 13.3. The Bertz CT molecular complexity index is 388. The van der Waals surface area contributed by atoms with Crippen molar-refractivity contribution in [3.05, 3.63) is 0 Å². The first-order valence-electron chi connectivity index (χ1n) is 6.14. The number of likely N-dealkylation sites (tertiary alicyclic amines) is 1. The van der Waals surface area contributed by atoms with E-state index in [-0.39, 0.29) is 18.1 Å². The largest absolute Gasteiger partial charge is 0.389 e. The summed E-state index contributed by atoms with van der Waals surface area (Å²) in [6.45, 7) is 1.86. The smallest absolute Gasteiger partial charge is 0.151 e. The van der Waals surface area contributed by atoms with Crippen LogP contribution in [0.1, 0.15) is 19.3 Å². The molecule has 0 aromatic carbocycles. The monoisotopic (exact) mass is 262 g/mol. The molecule has 2 saturated heterocycles. The molecule has 0 bridgehead atoms. The van der Waals surface area contributed by atoms with Crippen molar-refractivity contribution in [2.75, 3.05) is 38.2 Å². The number of aliphatic hydroxyl groups is 1. The summed E-state index contributed by atoms with van der Waals surface area (Å²) >= 11 is 0. The summed E-state index contributed by atoms with van der Waals surface area (Å²) in [4.78, 5) is 2.15. The van der Waals surface area contributed by atoms with Crippen molar-refractivity contribution >= 4 is 9.84 Å². The average Bonchev–Trinajstić information content (AvgIpc) is 2.61. The van der Waals surface area contributed by atoms with Gasteiger partial charge in [0, 0.05) is 25.0 Å². The number of sulfone groups is 1. The third-order valence-electron chi connectivity index (χ3n) is 4.58. The summed E-state index contributed by atoms with van der Waals surface area (Å²) < 4.78 is 23.4. The van der Waals surface area contributed by atoms with Gasteiger partial charge < -0.3 is 15.7 Å². The van der Waals surface area contributed by atoms with Crippen molar-refractivity contribution in [3.63, 3.8) is 0 Å². The topological polar surface area (TPSA) is 83.6 Å². The maximum absolute atomic E-state index is 11.7. The molecule has 0 aromatic rings. The number of rotatable bonds is 2. The molecule has 2 fully saturated rings. The van der Waals surface area contributed by atoms with Crippen molar-refractivity contribution in [1.29, 1.82) is 0 Å². The van der Waals surface area contributed by atoms with Gasteiger partial charge >= 0.3 is 0 Å². The van der Waals surface area contributed by atoms with Gasteiger partial charge in [0.2, 0.25) is 0 Å². The van der Waals surface area contributed by atoms with E-state index in [4.69, 9.17) is 5.73 Å². The molecule has 17 heavy (non-hydrogen) atoms. The highest BCUT2D eigenvalue weighted by Gasteiger charge is 2.55. The van der Waals surface area contributed by atoms with Crippen LogP contribution in [0.15, 0.2) is 0 Å². The first-order chi connectivity index (χ1) is 7.83. The van der Waals surface area contributed by atoms with Crippen molar-refractivity contribution in [2.45, 2.75) is 24.9 Å². The van der Waals surface area contributed by atoms with Crippen molar-refractivity contribution in [1.82, 2.24) is 4.90 Å². The lowest BCUT2D eigenvalue weighted by molar-refractivity contribution is -0.104. The van der Waals surface area contributed by atoms with Gasteiger partial charge in [0.25, 0.3) is 0 Å². The number of nitrogens with two attached hydrogens (primary N) is 1. The second kappa shape index (κ2) is 4.19. The Kier molecular flexibility index (Phi) is 3.27. The van der Waals surface area contributed by atoms with E-state index in [0.717, 1.165) is 13.1 Å². The highest BCUT2D eigenvalue weighted by molar-refractivity contribution is 7.91. The minimum Gasteiger partial charge on any atom is -0.389 e. The minimum absolute atomic E-state index is 0.0523. The minimum atomic E-state index is -3.02. The van der Waals surface area contributed by atoms with Crippen molar-refractivity contribution < 1.29 is 13.5 Å². The number of piperidine rings is 1. The van der Waals surface area contributed by atoms with Crippen molar-refractivity contribution in [3.8, 4) is 0 Å². The van der Waals surface area contributed by atoms with E-state index >= 15 is 0 Å². The SMILES string of the molecule is CN1CCC(O)(C2(CN)CCS(=O)(=O)C2)CC1. The molecule has 2 heterocycles. The fourth-order valence-corrected chi connectivity index (χ4v) is 5.37. The van der Waals surface area contributed by atoms with Gasteiger partial charge in [-0.3, -0.25) is 0 Å². The zero-order chi connectivity index (χ0) is 12.7. The van der Waals surface area contributed by atoms with Crippen LogP contribution >= 0.6 is 0 Å². The highest BCUT2D eigenvalue weighted by Crippen LogP contribution is 2.46. The van der Waals surface area contributed by atoms with Crippen LogP contribution in [0.4, 0.5) is 0 Å². The molecule has 0 radical (unpaired) electrons. The van der Waals surface area contributed by atoms with Gasteiger partial charge in [0.1, 0.15) is 0 Å². The van der Waals surface area contributed by atoms with Crippen LogP contribution < -0.4 is 5.73 Å². The predicted octanol–water partition coefficient (Wildman–Crippen LogP) is -0.793. The molecule has 1 atom stereocenters. The molecule has 100 valence electrons. The fraction of sp³-hybridized carbons (Fsp3) is 1.00. The van der Waals surface area contributed by atoms with Gasteiger partial charge in [-0.05, 0) is 26.3 Å². The number of nitrogens with zero attached hydrogens (tertiary/aromatic N) is 1. The molecule has 0 saturated carbocycles. The summed E-state index contributed by atoms with van der Waals surface area (Å²) in [5.41, 5.74) is 4.28. The van der Waals surface area contributed by atoms with E-state index in [2.05, 4.69) is 4.90 Å². The Morgan fingerprint density at radius 3 is 2.29 bits per heavy atom. The summed E-state index contributed by atoms with van der Waals surface area (Å²) in [5.74, 6) is 0.221. The van der Waals surface area contributed by atoms with E-state index < -0.39 is 20.9 Å². The van der Waals surface area contributed by atoms with E-state index in [9.17, 15) is 13.5 Å². The molecule has 0 aromatic heterocycles. The number of hydrogen-bond donors (Lipinski definition) is 2. The maximum Gasteiger partial charge on any atom is 0.151 e. The van der Waals surface area contributed by atoms with Crippen LogP contribution in [-0.2, 0) is 9.84 Å². The van der Waals surface area contributed by atoms with E-state index in [0.29, 0.717) is 19.3 Å². The first-order valence-corrected chi connectivity index (χ1v) is 7.96. The molecular weight excluding hydrogens is 240 g/mol. The summed E-state index contributed by atoms with van der Waals surface area (Å²) in [6, 6.07) is 0. The predicted molar refractivity (Wildman–Crippen MR) is 66.4 cm³/mol. The van der Waals surface area contributed by atoms with Crippen LogP contribution in [0.25, 0.3) is 0 Å². The highest BCUT2D eigenvalue weighted by atomic mass is 32.2. The molecule has 0 spiro atoms. The number of hydrogen-bond acceptors (Lipinski definition) is 5. The average molecular weight is 262 g/mol. The molecule has 6 heteroatoms. The van der Waals surface area contributed by atoms with Crippen LogP contribution in [0.2, 0.25) is 0 Å². The normalized spacial score (nSPS) is 37.1. The van der Waals surface area contributed by atoms with Crippen LogP contribution in [0.3, 0.4) is 0 Å². The molecule has 5 nitrogen and oxygen atoms in total. The van der Waals surface area contributed by atoms with Crippen molar-refractivity contribution in [2.24, 2.45) is 11.1 Å². The zero-order valence-electron chi connectivity index (χ0n) is 10.4. The summed E-state index contributed by atoms with van der Waals surface area (Å²) in [6.07, 6.45) is 1.75. The molecule has 2 aliphatic rings. The zero-order valence-corrected chi connectivity index (χ0v) is 11.2. The lowest BCUT2D eigenvalue weighted by atomic mass is 9.67. The second-order valence-corrected chi connectivity index (χ2v) is 7.85. The van der Waals surface area contributed by atoms with Gasteiger partial charge in [-0.25, -0.2) is 8.42 Å². The Morgan fingerprint density at radius 1 is 1.29 bits per heavy atom. The molecule has 3 N–H and O–H groups in total. The lowest BCUT2D eigenvalue weighted by Gasteiger charge is -2.48. The molecule has 2 rings (SSSR count). The van der Waals surface area contributed by atoms with Crippen LogP contribution in [0.5, 0.6) is 0 Å². The van der Waals surface area contributed by atoms with E-state index in [1.165, 1.54) is 0 Å². The van der Waals surface area contributed by atoms with E-state index in [1.54, 1.807) is 0 Å². The second-order valence-electron chi connectivity index (χ2n) is 5.66. The molecule has 0 aliphatic carbocycles. The summed E-state index contributed by atoms with van der Waals surface area (Å²) in [5, 5.41) is 10.8. The van der Waals surface area contributed by atoms with Crippen LogP contribution in [-0.4, -0.2) is 62.2 Å². The molecule has 1 unspecified atom stereocenters. The molecule has 0 amide bonds. The lowest BCUT2D eigenvalue weighted by Crippen LogP contribution is -2.58. The maximum atomic E-state index is 11.7. The summed E-state index contributed by atoms with van der Waals surface area (Å²) in [7, 11) is -1.01. The van der Waals surface area contributed by atoms with Crippen LogP contribution in [0, 0.1) is 5.41 Å². The Hall–Kier alpha value is -0.170. The Labute approximate surface area is 103 Å². The Morgan fingerprint density at radius 2 is 1.88 bits per heavy atom. The standard InChI is InChI=1S/C11H22N2O3S/c1-13-5-2-11(14,3-6-13)10(8-12)4-7-17(15,16)9-10/h14H,2-9,12H2,1H3. The Balaban J connectivity index is 2.24. The van der Waals surface area contributed by atoms with Gasteiger partial charge in [-0.15, -0.1) is 0 Å². The third kappa shape index (κ3) is 2.23. The molecule has 2 aliphatic heterocycles. The van der Waals surface area contributed by atoms with Gasteiger partial charge in [0.05, 0.1) is 17.1 Å². The third-order valence-corrected chi connectivity index (χ3v) is 6.40.